The van der Waals surface area contributed by atoms with Crippen LogP contribution in [0, 0.1) is 12.7 Å². The molecule has 4 heteroatoms. The summed E-state index contributed by atoms with van der Waals surface area (Å²) in [4.78, 5) is 12.6. The molecule has 0 saturated carbocycles. The number of halogens is 1. The molecule has 0 aliphatic carbocycles. The van der Waals surface area contributed by atoms with E-state index in [-0.39, 0.29) is 11.7 Å². The van der Waals surface area contributed by atoms with Crippen molar-refractivity contribution >= 4 is 22.5 Å². The number of benzene rings is 2. The minimum atomic E-state index is -0.322. The average Bonchev–Trinajstić information content (AvgIpc) is 2.82. The molecule has 0 fully saturated rings. The number of nitrogens with zero attached hydrogens (tertiary/aromatic N) is 1. The van der Waals surface area contributed by atoms with Crippen molar-refractivity contribution in [2.45, 2.75) is 20.4 Å². The summed E-state index contributed by atoms with van der Waals surface area (Å²) in [6, 6.07) is 13.7. The Hall–Kier alpha value is -2.62. The van der Waals surface area contributed by atoms with Gasteiger partial charge in [0.2, 0.25) is 0 Å². The molecule has 0 aliphatic rings. The predicted octanol–water partition coefficient (Wildman–Crippen LogP) is 4.36. The van der Waals surface area contributed by atoms with Crippen LogP contribution in [-0.2, 0) is 6.54 Å². The Morgan fingerprint density at radius 1 is 1.14 bits per heavy atom. The molecular formula is C18H17FN2O. The maximum Gasteiger partial charge on any atom is 0.272 e. The third kappa shape index (κ3) is 2.37. The average molecular weight is 296 g/mol. The highest BCUT2D eigenvalue weighted by Gasteiger charge is 2.19. The first-order valence-electron chi connectivity index (χ1n) is 7.26. The summed E-state index contributed by atoms with van der Waals surface area (Å²) in [7, 11) is 0. The van der Waals surface area contributed by atoms with Gasteiger partial charge in [0.25, 0.3) is 5.91 Å². The van der Waals surface area contributed by atoms with E-state index in [1.54, 1.807) is 12.1 Å². The van der Waals surface area contributed by atoms with Gasteiger partial charge < -0.3 is 9.88 Å². The van der Waals surface area contributed by atoms with Crippen molar-refractivity contribution in [2.75, 3.05) is 5.32 Å². The number of anilines is 1. The minimum absolute atomic E-state index is 0.179. The second kappa shape index (κ2) is 5.64. The summed E-state index contributed by atoms with van der Waals surface area (Å²) in [5, 5.41) is 3.91. The standard InChI is InChI=1S/C18H17FN2O/c1-3-21-16-7-5-4-6-15(16)12(2)17(21)18(22)20-14-10-8-13(19)9-11-14/h4-11H,3H2,1-2H3,(H,20,22). The zero-order valence-electron chi connectivity index (χ0n) is 12.6. The van der Waals surface area contributed by atoms with Crippen LogP contribution in [0.5, 0.6) is 0 Å². The molecule has 3 aromatic rings. The van der Waals surface area contributed by atoms with Gasteiger partial charge in [0.1, 0.15) is 11.5 Å². The highest BCUT2D eigenvalue weighted by atomic mass is 19.1. The van der Waals surface area contributed by atoms with Crippen molar-refractivity contribution < 1.29 is 9.18 Å². The fourth-order valence-corrected chi connectivity index (χ4v) is 2.82. The van der Waals surface area contributed by atoms with Gasteiger partial charge >= 0.3 is 0 Å². The van der Waals surface area contributed by atoms with Crippen LogP contribution in [-0.4, -0.2) is 10.5 Å². The predicted molar refractivity (Wildman–Crippen MR) is 86.7 cm³/mol. The zero-order chi connectivity index (χ0) is 15.7. The molecule has 22 heavy (non-hydrogen) atoms. The van der Waals surface area contributed by atoms with E-state index in [1.807, 2.05) is 42.7 Å². The quantitative estimate of drug-likeness (QED) is 0.765. The molecule has 0 unspecified atom stereocenters. The van der Waals surface area contributed by atoms with Crippen molar-refractivity contribution in [1.82, 2.24) is 4.57 Å². The topological polar surface area (TPSA) is 34.0 Å². The van der Waals surface area contributed by atoms with Gasteiger partial charge in [-0.15, -0.1) is 0 Å². The molecule has 3 rings (SSSR count). The minimum Gasteiger partial charge on any atom is -0.337 e. The molecule has 112 valence electrons. The Kier molecular flexibility index (Phi) is 3.67. The third-order valence-corrected chi connectivity index (χ3v) is 3.86. The zero-order valence-corrected chi connectivity index (χ0v) is 12.6. The number of para-hydroxylation sites is 1. The van der Waals surface area contributed by atoms with Crippen LogP contribution in [0.3, 0.4) is 0 Å². The van der Waals surface area contributed by atoms with Crippen molar-refractivity contribution in [1.29, 1.82) is 0 Å². The first-order chi connectivity index (χ1) is 10.6. The lowest BCUT2D eigenvalue weighted by atomic mass is 10.1. The molecule has 0 spiro atoms. The highest BCUT2D eigenvalue weighted by molar-refractivity contribution is 6.08. The van der Waals surface area contributed by atoms with Crippen LogP contribution >= 0.6 is 0 Å². The van der Waals surface area contributed by atoms with Gasteiger partial charge in [0.05, 0.1) is 0 Å². The number of carbonyl (C=O) groups excluding carboxylic acids is 1. The van der Waals surface area contributed by atoms with Gasteiger partial charge in [-0.05, 0) is 49.7 Å². The van der Waals surface area contributed by atoms with E-state index in [4.69, 9.17) is 0 Å². The largest absolute Gasteiger partial charge is 0.337 e. The van der Waals surface area contributed by atoms with E-state index in [9.17, 15) is 9.18 Å². The summed E-state index contributed by atoms with van der Waals surface area (Å²) >= 11 is 0. The molecule has 0 atom stereocenters. The van der Waals surface area contributed by atoms with Crippen LogP contribution in [0.15, 0.2) is 48.5 Å². The van der Waals surface area contributed by atoms with E-state index in [2.05, 4.69) is 5.32 Å². The number of hydrogen-bond acceptors (Lipinski definition) is 1. The van der Waals surface area contributed by atoms with Crippen LogP contribution in [0.2, 0.25) is 0 Å². The van der Waals surface area contributed by atoms with E-state index < -0.39 is 0 Å². The fourth-order valence-electron chi connectivity index (χ4n) is 2.82. The van der Waals surface area contributed by atoms with Gasteiger partial charge in [0, 0.05) is 23.1 Å². The van der Waals surface area contributed by atoms with Gasteiger partial charge in [-0.25, -0.2) is 4.39 Å². The molecular weight excluding hydrogens is 279 g/mol. The number of aromatic nitrogens is 1. The summed E-state index contributed by atoms with van der Waals surface area (Å²) in [6.07, 6.45) is 0. The van der Waals surface area contributed by atoms with Crippen LogP contribution in [0.1, 0.15) is 23.0 Å². The Morgan fingerprint density at radius 3 is 2.50 bits per heavy atom. The number of fused-ring (bicyclic) bond motifs is 1. The lowest BCUT2D eigenvalue weighted by Crippen LogP contribution is -2.17. The number of carbonyl (C=O) groups is 1. The van der Waals surface area contributed by atoms with E-state index >= 15 is 0 Å². The normalized spacial score (nSPS) is 10.9. The summed E-state index contributed by atoms with van der Waals surface area (Å²) < 4.78 is 15.0. The Morgan fingerprint density at radius 2 is 1.82 bits per heavy atom. The number of hydrogen-bond donors (Lipinski definition) is 1. The van der Waals surface area contributed by atoms with Crippen LogP contribution in [0.25, 0.3) is 10.9 Å². The maximum absolute atomic E-state index is 13.0. The Bertz CT molecular complexity index is 834. The highest BCUT2D eigenvalue weighted by Crippen LogP contribution is 2.26. The van der Waals surface area contributed by atoms with Crippen LogP contribution < -0.4 is 5.32 Å². The molecule has 0 saturated heterocycles. The molecule has 1 N–H and O–H groups in total. The molecule has 0 bridgehead atoms. The lowest BCUT2D eigenvalue weighted by molar-refractivity contribution is 0.101. The Balaban J connectivity index is 2.03. The van der Waals surface area contributed by atoms with Gasteiger partial charge in [0.15, 0.2) is 0 Å². The Labute approximate surface area is 128 Å². The fraction of sp³-hybridized carbons (Fsp3) is 0.167. The lowest BCUT2D eigenvalue weighted by Gasteiger charge is -2.10. The first kappa shape index (κ1) is 14.3. The summed E-state index contributed by atoms with van der Waals surface area (Å²) in [6.45, 7) is 4.68. The maximum atomic E-state index is 13.0. The van der Waals surface area contributed by atoms with E-state index in [0.29, 0.717) is 17.9 Å². The third-order valence-electron chi connectivity index (χ3n) is 3.86. The monoisotopic (exact) mass is 296 g/mol. The van der Waals surface area contributed by atoms with Gasteiger partial charge in [-0.1, -0.05) is 18.2 Å². The molecule has 1 heterocycles. The molecule has 1 aromatic heterocycles. The second-order valence-electron chi connectivity index (χ2n) is 5.20. The molecule has 1 amide bonds. The van der Waals surface area contributed by atoms with E-state index in [0.717, 1.165) is 16.5 Å². The van der Waals surface area contributed by atoms with Gasteiger partial charge in [-0.3, -0.25) is 4.79 Å². The smallest absolute Gasteiger partial charge is 0.272 e. The first-order valence-corrected chi connectivity index (χ1v) is 7.26. The van der Waals surface area contributed by atoms with Gasteiger partial charge in [-0.2, -0.15) is 0 Å². The number of nitrogens with one attached hydrogen (secondary N) is 1. The summed E-state index contributed by atoms with van der Waals surface area (Å²) in [5.41, 5.74) is 3.23. The second-order valence-corrected chi connectivity index (χ2v) is 5.20. The number of rotatable bonds is 3. The van der Waals surface area contributed by atoms with Crippen molar-refractivity contribution in [3.8, 4) is 0 Å². The summed E-state index contributed by atoms with van der Waals surface area (Å²) in [5.74, 6) is -0.501. The SMILES string of the molecule is CCn1c(C(=O)Nc2ccc(F)cc2)c(C)c2ccccc21. The number of aryl methyl sites for hydroxylation is 2. The van der Waals surface area contributed by atoms with Crippen LogP contribution in [0.4, 0.5) is 10.1 Å². The molecule has 2 aromatic carbocycles. The van der Waals surface area contributed by atoms with Crippen molar-refractivity contribution in [2.24, 2.45) is 0 Å². The van der Waals surface area contributed by atoms with Crippen molar-refractivity contribution in [3.63, 3.8) is 0 Å². The molecule has 0 aliphatic heterocycles. The molecule has 0 radical (unpaired) electrons. The number of amides is 1. The van der Waals surface area contributed by atoms with Crippen molar-refractivity contribution in [3.05, 3.63) is 65.6 Å². The van der Waals surface area contributed by atoms with E-state index in [1.165, 1.54) is 12.1 Å². The molecule has 3 nitrogen and oxygen atoms in total.